The van der Waals surface area contributed by atoms with Crippen molar-refractivity contribution in [1.29, 1.82) is 0 Å². The summed E-state index contributed by atoms with van der Waals surface area (Å²) in [5.74, 6) is 0.917. The van der Waals surface area contributed by atoms with Gasteiger partial charge in [-0.25, -0.2) is 9.78 Å². The number of hydrogen-bond acceptors (Lipinski definition) is 4. The summed E-state index contributed by atoms with van der Waals surface area (Å²) in [6.45, 7) is 6.42. The minimum Gasteiger partial charge on any atom is -0.444 e. The van der Waals surface area contributed by atoms with Crippen LogP contribution in [-0.2, 0) is 4.74 Å². The molecule has 1 fully saturated rings. The molecule has 5 nitrogen and oxygen atoms in total. The lowest BCUT2D eigenvalue weighted by Crippen LogP contribution is -2.36. The summed E-state index contributed by atoms with van der Waals surface area (Å²) >= 11 is 0. The molecule has 0 aromatic carbocycles. The van der Waals surface area contributed by atoms with Gasteiger partial charge < -0.3 is 14.5 Å². The van der Waals surface area contributed by atoms with Crippen LogP contribution < -0.4 is 4.90 Å². The Kier molecular flexibility index (Phi) is 4.40. The second-order valence-corrected chi connectivity index (χ2v) is 6.68. The molecule has 0 bridgehead atoms. The molecule has 116 valence electrons. The first-order valence-electron chi connectivity index (χ1n) is 7.41. The van der Waals surface area contributed by atoms with Crippen molar-refractivity contribution in [2.75, 3.05) is 25.5 Å². The number of carbonyl (C=O) groups excluding carboxylic acids is 1. The Bertz CT molecular complexity index is 491. The maximum absolute atomic E-state index is 12.3. The second-order valence-electron chi connectivity index (χ2n) is 6.68. The van der Waals surface area contributed by atoms with Gasteiger partial charge in [0.25, 0.3) is 0 Å². The predicted octanol–water partition coefficient (Wildman–Crippen LogP) is 3.22. The highest BCUT2D eigenvalue weighted by Gasteiger charge is 2.33. The van der Waals surface area contributed by atoms with Gasteiger partial charge in [-0.05, 0) is 45.2 Å². The molecule has 1 aromatic heterocycles. The number of hydrogen-bond donors (Lipinski definition) is 0. The van der Waals surface area contributed by atoms with E-state index in [0.29, 0.717) is 0 Å². The number of carbonyl (C=O) groups is 1. The van der Waals surface area contributed by atoms with Crippen LogP contribution in [0.15, 0.2) is 18.3 Å². The van der Waals surface area contributed by atoms with Crippen LogP contribution in [0.4, 0.5) is 10.6 Å². The van der Waals surface area contributed by atoms with E-state index in [1.165, 1.54) is 0 Å². The monoisotopic (exact) mass is 291 g/mol. The molecule has 0 radical (unpaired) electrons. The van der Waals surface area contributed by atoms with Gasteiger partial charge in [-0.1, -0.05) is 6.07 Å². The first-order valence-corrected chi connectivity index (χ1v) is 7.41. The highest BCUT2D eigenvalue weighted by Crippen LogP contribution is 2.33. The Balaban J connectivity index is 2.13. The summed E-state index contributed by atoms with van der Waals surface area (Å²) in [5.41, 5.74) is 0.612. The molecule has 21 heavy (non-hydrogen) atoms. The quantitative estimate of drug-likeness (QED) is 0.839. The Morgan fingerprint density at radius 3 is 2.62 bits per heavy atom. The van der Waals surface area contributed by atoms with Crippen LogP contribution in [0.2, 0.25) is 0 Å². The first-order chi connectivity index (χ1) is 9.78. The van der Waals surface area contributed by atoms with E-state index in [2.05, 4.69) is 11.1 Å². The van der Waals surface area contributed by atoms with Crippen LogP contribution in [0.3, 0.4) is 0 Å². The van der Waals surface area contributed by atoms with Crippen molar-refractivity contribution in [3.8, 4) is 0 Å². The second kappa shape index (κ2) is 5.92. The van der Waals surface area contributed by atoms with Crippen molar-refractivity contribution in [1.82, 2.24) is 9.88 Å². The number of pyridine rings is 1. The van der Waals surface area contributed by atoms with Gasteiger partial charge in [0, 0.05) is 26.8 Å². The maximum Gasteiger partial charge on any atom is 0.410 e. The molecule has 2 rings (SSSR count). The molecule has 0 spiro atoms. The predicted molar refractivity (Wildman–Crippen MR) is 83.5 cm³/mol. The van der Waals surface area contributed by atoms with Gasteiger partial charge in [-0.2, -0.15) is 0 Å². The SMILES string of the molecule is CN(C)c1ccc(C2CCCN2C(=O)OC(C)(C)C)cn1. The standard InChI is InChI=1S/C16H25N3O2/c1-16(2,3)21-15(20)19-10-6-7-13(19)12-8-9-14(17-11-12)18(4)5/h8-9,11,13H,6-7,10H2,1-5H3. The van der Waals surface area contributed by atoms with E-state index in [4.69, 9.17) is 4.74 Å². The maximum atomic E-state index is 12.3. The number of nitrogens with zero attached hydrogens (tertiary/aromatic N) is 3. The zero-order chi connectivity index (χ0) is 15.6. The molecular weight excluding hydrogens is 266 g/mol. The molecule has 1 saturated heterocycles. The lowest BCUT2D eigenvalue weighted by atomic mass is 10.1. The summed E-state index contributed by atoms with van der Waals surface area (Å²) in [6.07, 6.45) is 3.59. The summed E-state index contributed by atoms with van der Waals surface area (Å²) in [6, 6.07) is 4.11. The normalized spacial score (nSPS) is 18.7. The molecule has 0 saturated carbocycles. The van der Waals surface area contributed by atoms with Crippen LogP contribution in [0.1, 0.15) is 45.2 Å². The third kappa shape index (κ3) is 3.86. The van der Waals surface area contributed by atoms with Gasteiger partial charge >= 0.3 is 6.09 Å². The van der Waals surface area contributed by atoms with E-state index >= 15 is 0 Å². The Morgan fingerprint density at radius 1 is 1.38 bits per heavy atom. The van der Waals surface area contributed by atoms with Crippen molar-refractivity contribution in [3.05, 3.63) is 23.9 Å². The molecule has 1 aromatic rings. The highest BCUT2D eigenvalue weighted by molar-refractivity contribution is 5.69. The molecule has 0 N–H and O–H groups in total. The average Bonchev–Trinajstić information content (AvgIpc) is 2.86. The van der Waals surface area contributed by atoms with Crippen LogP contribution in [-0.4, -0.2) is 42.2 Å². The third-order valence-electron chi connectivity index (χ3n) is 3.49. The number of likely N-dealkylation sites (tertiary alicyclic amines) is 1. The fourth-order valence-electron chi connectivity index (χ4n) is 2.51. The summed E-state index contributed by atoms with van der Waals surface area (Å²) in [7, 11) is 3.93. The van der Waals surface area contributed by atoms with Gasteiger partial charge in [0.15, 0.2) is 0 Å². The van der Waals surface area contributed by atoms with E-state index in [-0.39, 0.29) is 12.1 Å². The minimum atomic E-state index is -0.461. The lowest BCUT2D eigenvalue weighted by molar-refractivity contribution is 0.0224. The number of rotatable bonds is 2. The van der Waals surface area contributed by atoms with Crippen molar-refractivity contribution in [2.45, 2.75) is 45.3 Å². The van der Waals surface area contributed by atoms with Crippen molar-refractivity contribution < 1.29 is 9.53 Å². The fraction of sp³-hybridized carbons (Fsp3) is 0.625. The van der Waals surface area contributed by atoms with E-state index in [1.807, 2.05) is 56.9 Å². The molecule has 1 atom stereocenters. The van der Waals surface area contributed by atoms with E-state index in [0.717, 1.165) is 30.8 Å². The fourth-order valence-corrected chi connectivity index (χ4v) is 2.51. The molecular formula is C16H25N3O2. The number of aromatic nitrogens is 1. The Hall–Kier alpha value is -1.78. The number of ether oxygens (including phenoxy) is 1. The van der Waals surface area contributed by atoms with Crippen LogP contribution in [0, 0.1) is 0 Å². The van der Waals surface area contributed by atoms with E-state index in [1.54, 1.807) is 0 Å². The van der Waals surface area contributed by atoms with Gasteiger partial charge in [0.2, 0.25) is 0 Å². The van der Waals surface area contributed by atoms with Gasteiger partial charge in [-0.3, -0.25) is 0 Å². The summed E-state index contributed by atoms with van der Waals surface area (Å²) in [5, 5.41) is 0. The van der Waals surface area contributed by atoms with Gasteiger partial charge in [0.1, 0.15) is 11.4 Å². The first kappa shape index (κ1) is 15.6. The largest absolute Gasteiger partial charge is 0.444 e. The van der Waals surface area contributed by atoms with E-state index < -0.39 is 5.60 Å². The van der Waals surface area contributed by atoms with Crippen molar-refractivity contribution in [2.24, 2.45) is 0 Å². The molecule has 1 aliphatic rings. The zero-order valence-electron chi connectivity index (χ0n) is 13.6. The smallest absolute Gasteiger partial charge is 0.410 e. The molecule has 5 heteroatoms. The van der Waals surface area contributed by atoms with Crippen LogP contribution in [0.5, 0.6) is 0 Å². The Morgan fingerprint density at radius 2 is 2.10 bits per heavy atom. The van der Waals surface area contributed by atoms with Gasteiger partial charge in [0.05, 0.1) is 6.04 Å². The molecule has 2 heterocycles. The molecule has 1 unspecified atom stereocenters. The molecule has 1 aliphatic heterocycles. The zero-order valence-corrected chi connectivity index (χ0v) is 13.6. The number of anilines is 1. The number of amides is 1. The van der Waals surface area contributed by atoms with Crippen molar-refractivity contribution >= 4 is 11.9 Å². The highest BCUT2D eigenvalue weighted by atomic mass is 16.6. The topological polar surface area (TPSA) is 45.7 Å². The molecule has 0 aliphatic carbocycles. The van der Waals surface area contributed by atoms with Crippen molar-refractivity contribution in [3.63, 3.8) is 0 Å². The van der Waals surface area contributed by atoms with E-state index in [9.17, 15) is 4.79 Å². The lowest BCUT2D eigenvalue weighted by Gasteiger charge is -2.28. The summed E-state index contributed by atoms with van der Waals surface area (Å²) in [4.78, 5) is 20.5. The van der Waals surface area contributed by atoms with Crippen LogP contribution in [0.25, 0.3) is 0 Å². The average molecular weight is 291 g/mol. The van der Waals surface area contributed by atoms with Gasteiger partial charge in [-0.15, -0.1) is 0 Å². The van der Waals surface area contributed by atoms with Crippen LogP contribution >= 0.6 is 0 Å². The Labute approximate surface area is 126 Å². The summed E-state index contributed by atoms with van der Waals surface area (Å²) < 4.78 is 5.49. The third-order valence-corrected chi connectivity index (χ3v) is 3.49. The minimum absolute atomic E-state index is 0.0727. The molecule has 1 amide bonds.